The van der Waals surface area contributed by atoms with E-state index in [1.54, 1.807) is 0 Å². The standard InChI is InChI=1S/C15H14ClNO/c1-10(15(17)18)13-7-2-3-8-14(13)11-5-4-6-12(16)9-11/h2-10H,1H3,(H2,17,18). The monoisotopic (exact) mass is 259 g/mol. The van der Waals surface area contributed by atoms with Crippen molar-refractivity contribution < 1.29 is 4.79 Å². The molecule has 18 heavy (non-hydrogen) atoms. The van der Waals surface area contributed by atoms with Gasteiger partial charge in [0, 0.05) is 5.02 Å². The van der Waals surface area contributed by atoms with Crippen molar-refractivity contribution in [2.24, 2.45) is 5.73 Å². The molecule has 0 heterocycles. The Bertz CT molecular complexity index is 580. The molecule has 0 saturated carbocycles. The Hall–Kier alpha value is -1.80. The summed E-state index contributed by atoms with van der Waals surface area (Å²) >= 11 is 6.00. The minimum atomic E-state index is -0.329. The lowest BCUT2D eigenvalue weighted by Gasteiger charge is -2.14. The summed E-state index contributed by atoms with van der Waals surface area (Å²) < 4.78 is 0. The van der Waals surface area contributed by atoms with Gasteiger partial charge in [0.25, 0.3) is 0 Å². The molecule has 0 radical (unpaired) electrons. The maximum atomic E-state index is 11.3. The Balaban J connectivity index is 2.55. The van der Waals surface area contributed by atoms with Crippen LogP contribution in [0.4, 0.5) is 0 Å². The quantitative estimate of drug-likeness (QED) is 0.899. The smallest absolute Gasteiger partial charge is 0.224 e. The van der Waals surface area contributed by atoms with Crippen LogP contribution in [0.3, 0.4) is 0 Å². The molecule has 1 unspecified atom stereocenters. The van der Waals surface area contributed by atoms with Gasteiger partial charge in [-0.2, -0.15) is 0 Å². The van der Waals surface area contributed by atoms with Crippen molar-refractivity contribution >= 4 is 17.5 Å². The van der Waals surface area contributed by atoms with E-state index in [1.165, 1.54) is 0 Å². The molecule has 2 rings (SSSR count). The number of primary amides is 1. The molecule has 0 saturated heterocycles. The average molecular weight is 260 g/mol. The normalized spacial score (nSPS) is 12.1. The third-order valence-corrected chi connectivity index (χ3v) is 3.22. The molecule has 0 spiro atoms. The fourth-order valence-electron chi connectivity index (χ4n) is 1.95. The number of rotatable bonds is 3. The van der Waals surface area contributed by atoms with Gasteiger partial charge < -0.3 is 5.73 Å². The number of hydrogen-bond acceptors (Lipinski definition) is 1. The van der Waals surface area contributed by atoms with Crippen LogP contribution in [-0.4, -0.2) is 5.91 Å². The second-order valence-electron chi connectivity index (χ2n) is 4.22. The molecule has 1 atom stereocenters. The zero-order valence-electron chi connectivity index (χ0n) is 10.1. The van der Waals surface area contributed by atoms with Crippen LogP contribution in [0, 0.1) is 0 Å². The van der Waals surface area contributed by atoms with E-state index in [4.69, 9.17) is 17.3 Å². The highest BCUT2D eigenvalue weighted by molar-refractivity contribution is 6.30. The summed E-state index contributed by atoms with van der Waals surface area (Å²) in [7, 11) is 0. The highest BCUT2D eigenvalue weighted by Gasteiger charge is 2.16. The Morgan fingerprint density at radius 1 is 1.17 bits per heavy atom. The summed E-state index contributed by atoms with van der Waals surface area (Å²) in [5, 5.41) is 0.675. The first-order valence-corrected chi connectivity index (χ1v) is 6.11. The number of benzene rings is 2. The Morgan fingerprint density at radius 2 is 1.89 bits per heavy atom. The van der Waals surface area contributed by atoms with E-state index in [0.29, 0.717) is 5.02 Å². The van der Waals surface area contributed by atoms with Gasteiger partial charge in [-0.3, -0.25) is 4.79 Å². The summed E-state index contributed by atoms with van der Waals surface area (Å²) in [4.78, 5) is 11.3. The van der Waals surface area contributed by atoms with Crippen molar-refractivity contribution in [3.63, 3.8) is 0 Å². The van der Waals surface area contributed by atoms with E-state index >= 15 is 0 Å². The number of halogens is 1. The van der Waals surface area contributed by atoms with Gasteiger partial charge >= 0.3 is 0 Å². The highest BCUT2D eigenvalue weighted by Crippen LogP contribution is 2.30. The molecule has 92 valence electrons. The predicted octanol–water partition coefficient (Wildman–Crippen LogP) is 3.60. The first kappa shape index (κ1) is 12.7. The van der Waals surface area contributed by atoms with Gasteiger partial charge in [-0.1, -0.05) is 48.0 Å². The van der Waals surface area contributed by atoms with Crippen molar-refractivity contribution in [3.8, 4) is 11.1 Å². The van der Waals surface area contributed by atoms with Crippen LogP contribution < -0.4 is 5.73 Å². The lowest BCUT2D eigenvalue weighted by Crippen LogP contribution is -2.19. The van der Waals surface area contributed by atoms with Gasteiger partial charge in [-0.15, -0.1) is 0 Å². The molecule has 3 heteroatoms. The van der Waals surface area contributed by atoms with E-state index in [0.717, 1.165) is 16.7 Å². The lowest BCUT2D eigenvalue weighted by atomic mass is 9.91. The van der Waals surface area contributed by atoms with Gasteiger partial charge in [0.2, 0.25) is 5.91 Å². The summed E-state index contributed by atoms with van der Waals surface area (Å²) in [6.45, 7) is 1.81. The van der Waals surface area contributed by atoms with Gasteiger partial charge in [-0.05, 0) is 35.7 Å². The Kier molecular flexibility index (Phi) is 3.68. The lowest BCUT2D eigenvalue weighted by molar-refractivity contribution is -0.119. The van der Waals surface area contributed by atoms with Crippen LogP contribution in [0.2, 0.25) is 5.02 Å². The fraction of sp³-hybridized carbons (Fsp3) is 0.133. The minimum Gasteiger partial charge on any atom is -0.369 e. The Morgan fingerprint density at radius 3 is 2.56 bits per heavy atom. The van der Waals surface area contributed by atoms with Crippen LogP contribution in [0.5, 0.6) is 0 Å². The molecular weight excluding hydrogens is 246 g/mol. The maximum Gasteiger partial charge on any atom is 0.224 e. The molecule has 0 bridgehead atoms. The molecule has 0 aliphatic rings. The van der Waals surface area contributed by atoms with Crippen molar-refractivity contribution in [2.45, 2.75) is 12.8 Å². The minimum absolute atomic E-state index is 0.319. The maximum absolute atomic E-state index is 11.3. The predicted molar refractivity (Wildman–Crippen MR) is 74.5 cm³/mol. The fourth-order valence-corrected chi connectivity index (χ4v) is 2.14. The highest BCUT2D eigenvalue weighted by atomic mass is 35.5. The van der Waals surface area contributed by atoms with Crippen molar-refractivity contribution in [1.82, 2.24) is 0 Å². The van der Waals surface area contributed by atoms with E-state index in [1.807, 2.05) is 55.5 Å². The van der Waals surface area contributed by atoms with E-state index in [9.17, 15) is 4.79 Å². The topological polar surface area (TPSA) is 43.1 Å². The zero-order chi connectivity index (χ0) is 13.1. The molecule has 2 aromatic carbocycles. The third-order valence-electron chi connectivity index (χ3n) is 2.99. The van der Waals surface area contributed by atoms with Gasteiger partial charge in [0.15, 0.2) is 0 Å². The Labute approximate surface area is 111 Å². The summed E-state index contributed by atoms with van der Waals surface area (Å²) in [5.74, 6) is -0.648. The molecule has 2 aromatic rings. The van der Waals surface area contributed by atoms with Gasteiger partial charge in [0.05, 0.1) is 5.92 Å². The summed E-state index contributed by atoms with van der Waals surface area (Å²) in [6.07, 6.45) is 0. The number of carbonyl (C=O) groups is 1. The molecule has 2 N–H and O–H groups in total. The van der Waals surface area contributed by atoms with Crippen LogP contribution in [0.1, 0.15) is 18.4 Å². The summed E-state index contributed by atoms with van der Waals surface area (Å²) in [5.41, 5.74) is 8.29. The second-order valence-corrected chi connectivity index (χ2v) is 4.66. The van der Waals surface area contributed by atoms with E-state index in [2.05, 4.69) is 0 Å². The SMILES string of the molecule is CC(C(N)=O)c1ccccc1-c1cccc(Cl)c1. The molecule has 0 aliphatic carbocycles. The third kappa shape index (κ3) is 2.54. The van der Waals surface area contributed by atoms with E-state index in [-0.39, 0.29) is 11.8 Å². The first-order chi connectivity index (χ1) is 8.59. The molecule has 0 fully saturated rings. The largest absolute Gasteiger partial charge is 0.369 e. The molecular formula is C15H14ClNO. The molecule has 2 nitrogen and oxygen atoms in total. The van der Waals surface area contributed by atoms with Crippen LogP contribution in [0.15, 0.2) is 48.5 Å². The number of nitrogens with two attached hydrogens (primary N) is 1. The van der Waals surface area contributed by atoms with Crippen LogP contribution in [0.25, 0.3) is 11.1 Å². The average Bonchev–Trinajstić information content (AvgIpc) is 2.38. The first-order valence-electron chi connectivity index (χ1n) is 5.74. The number of carbonyl (C=O) groups excluding carboxylic acids is 1. The second kappa shape index (κ2) is 5.23. The van der Waals surface area contributed by atoms with Crippen molar-refractivity contribution in [3.05, 3.63) is 59.1 Å². The zero-order valence-corrected chi connectivity index (χ0v) is 10.8. The van der Waals surface area contributed by atoms with E-state index < -0.39 is 0 Å². The van der Waals surface area contributed by atoms with Crippen LogP contribution in [-0.2, 0) is 4.79 Å². The van der Waals surface area contributed by atoms with Gasteiger partial charge in [0.1, 0.15) is 0 Å². The van der Waals surface area contributed by atoms with Crippen LogP contribution >= 0.6 is 11.6 Å². The number of hydrogen-bond donors (Lipinski definition) is 1. The van der Waals surface area contributed by atoms with Crippen molar-refractivity contribution in [1.29, 1.82) is 0 Å². The van der Waals surface area contributed by atoms with Crippen molar-refractivity contribution in [2.75, 3.05) is 0 Å². The molecule has 0 aromatic heterocycles. The van der Waals surface area contributed by atoms with Gasteiger partial charge in [-0.25, -0.2) is 0 Å². The molecule has 1 amide bonds. The number of amides is 1. The molecule has 0 aliphatic heterocycles. The summed E-state index contributed by atoms with van der Waals surface area (Å²) in [6, 6.07) is 15.3.